The standard InChI is InChI=1S/C54H38N4.C51H32N4O/c1-54(2)46-26-13-12-24-43(46)44-30-29-41(34-47(44)54)58-48-31-28-38(35-16-6-3-7-17-35)33-45(48)50-42(25-15-27-49(50)58)39-22-14-23-40(32-39)53-56-51(36-18-8-4-9-19-36)55-52(57-53)37-20-10-5-11-21-37;1-4-15-33(16-5-1)36-29-30-43-42(32-36)47-39(24-13-26-44(47)55(43)45-27-14-25-41-40-23-10-11-28-46(40)56-48(41)45)37-21-12-22-38(31-37)51-53-49(34-17-6-2-7-18-34)52-50(54-51)35-19-8-3-9-20-35/h3-34H,1-2H3;1-32H. The van der Waals surface area contributed by atoms with Gasteiger partial charge < -0.3 is 13.6 Å². The van der Waals surface area contributed by atoms with E-state index in [0.717, 1.165) is 122 Å². The van der Waals surface area contributed by atoms with Crippen LogP contribution in [0.25, 0.3) is 201 Å². The molecule has 0 radical (unpaired) electrons. The molecule has 0 fully saturated rings. The van der Waals surface area contributed by atoms with Crippen molar-refractivity contribution < 1.29 is 4.42 Å². The molecule has 0 spiro atoms. The highest BCUT2D eigenvalue weighted by molar-refractivity contribution is 6.19. The van der Waals surface area contributed by atoms with Crippen molar-refractivity contribution in [2.24, 2.45) is 0 Å². The number of para-hydroxylation sites is 2. The first-order chi connectivity index (χ1) is 56.3. The van der Waals surface area contributed by atoms with Gasteiger partial charge in [0.1, 0.15) is 5.58 Å². The molecule has 0 saturated heterocycles. The fourth-order valence-corrected chi connectivity index (χ4v) is 17.0. The zero-order valence-electron chi connectivity index (χ0n) is 62.4. The van der Waals surface area contributed by atoms with Crippen LogP contribution < -0.4 is 0 Å². The molecule has 0 amide bonds. The minimum Gasteiger partial charge on any atom is -0.454 e. The van der Waals surface area contributed by atoms with Crippen molar-refractivity contribution in [2.45, 2.75) is 19.3 Å². The van der Waals surface area contributed by atoms with E-state index in [-0.39, 0.29) is 5.41 Å². The maximum Gasteiger partial charge on any atom is 0.164 e. The van der Waals surface area contributed by atoms with Crippen molar-refractivity contribution in [1.82, 2.24) is 39.0 Å². The number of furan rings is 1. The van der Waals surface area contributed by atoms with Gasteiger partial charge in [-0.05, 0) is 140 Å². The van der Waals surface area contributed by atoms with E-state index < -0.39 is 0 Å². The summed E-state index contributed by atoms with van der Waals surface area (Å²) in [6.07, 6.45) is 0. The molecule has 0 aliphatic heterocycles. The minimum atomic E-state index is -0.109. The Labute approximate surface area is 658 Å². The Morgan fingerprint density at radius 2 is 0.596 bits per heavy atom. The molecule has 22 rings (SSSR count). The molecule has 536 valence electrons. The van der Waals surface area contributed by atoms with E-state index in [4.69, 9.17) is 34.3 Å². The molecular weight excluding hydrogens is 1390 g/mol. The van der Waals surface area contributed by atoms with Crippen LogP contribution in [0, 0.1) is 0 Å². The fourth-order valence-electron chi connectivity index (χ4n) is 17.0. The van der Waals surface area contributed by atoms with E-state index in [9.17, 15) is 0 Å². The van der Waals surface area contributed by atoms with Crippen LogP contribution >= 0.6 is 0 Å². The number of hydrogen-bond donors (Lipinski definition) is 0. The third-order valence-electron chi connectivity index (χ3n) is 22.5. The molecule has 0 bridgehead atoms. The average molecular weight is 1460 g/mol. The number of benzene rings is 16. The summed E-state index contributed by atoms with van der Waals surface area (Å²) in [5, 5.41) is 6.95. The van der Waals surface area contributed by atoms with Crippen molar-refractivity contribution >= 4 is 65.6 Å². The van der Waals surface area contributed by atoms with Crippen LogP contribution in [0.1, 0.15) is 25.0 Å². The minimum absolute atomic E-state index is 0.109. The van der Waals surface area contributed by atoms with Gasteiger partial charge in [-0.15, -0.1) is 0 Å². The number of hydrogen-bond acceptors (Lipinski definition) is 7. The molecule has 5 heterocycles. The van der Waals surface area contributed by atoms with Crippen LogP contribution in [0.2, 0.25) is 0 Å². The van der Waals surface area contributed by atoms with Crippen molar-refractivity contribution in [3.8, 4) is 135 Å². The van der Waals surface area contributed by atoms with Gasteiger partial charge in [-0.25, -0.2) is 29.9 Å². The normalized spacial score (nSPS) is 12.2. The first kappa shape index (κ1) is 67.1. The van der Waals surface area contributed by atoms with Gasteiger partial charge in [0.25, 0.3) is 0 Å². The maximum atomic E-state index is 6.62. The first-order valence-electron chi connectivity index (χ1n) is 38.6. The highest BCUT2D eigenvalue weighted by Gasteiger charge is 2.36. The van der Waals surface area contributed by atoms with Crippen LogP contribution in [-0.2, 0) is 5.41 Å². The summed E-state index contributed by atoms with van der Waals surface area (Å²) in [5.41, 5.74) is 28.5. The lowest BCUT2D eigenvalue weighted by Gasteiger charge is -2.22. The zero-order chi connectivity index (χ0) is 75.8. The lowest BCUT2D eigenvalue weighted by atomic mass is 9.82. The van der Waals surface area contributed by atoms with Gasteiger partial charge >= 0.3 is 0 Å². The largest absolute Gasteiger partial charge is 0.454 e. The van der Waals surface area contributed by atoms with E-state index in [2.05, 4.69) is 278 Å². The molecule has 0 saturated carbocycles. The predicted molar refractivity (Wildman–Crippen MR) is 468 cm³/mol. The first-order valence-corrected chi connectivity index (χ1v) is 38.6. The van der Waals surface area contributed by atoms with Crippen molar-refractivity contribution in [1.29, 1.82) is 0 Å². The van der Waals surface area contributed by atoms with Crippen molar-refractivity contribution in [2.75, 3.05) is 0 Å². The van der Waals surface area contributed by atoms with Crippen molar-refractivity contribution in [3.05, 3.63) is 399 Å². The van der Waals surface area contributed by atoms with Crippen LogP contribution in [-0.4, -0.2) is 39.0 Å². The summed E-state index contributed by atoms with van der Waals surface area (Å²) in [7, 11) is 0. The number of rotatable bonds is 12. The van der Waals surface area contributed by atoms with Gasteiger partial charge in [0.05, 0.1) is 27.8 Å². The second-order valence-corrected chi connectivity index (χ2v) is 29.7. The van der Waals surface area contributed by atoms with Crippen molar-refractivity contribution in [3.63, 3.8) is 0 Å². The molecule has 9 heteroatoms. The van der Waals surface area contributed by atoms with E-state index in [1.54, 1.807) is 0 Å². The zero-order valence-corrected chi connectivity index (χ0v) is 62.4. The third-order valence-corrected chi connectivity index (χ3v) is 22.5. The van der Waals surface area contributed by atoms with Gasteiger partial charge in [0.2, 0.25) is 0 Å². The summed E-state index contributed by atoms with van der Waals surface area (Å²) in [6.45, 7) is 4.70. The molecule has 9 nitrogen and oxygen atoms in total. The smallest absolute Gasteiger partial charge is 0.164 e. The molecule has 5 aromatic heterocycles. The predicted octanol–water partition coefficient (Wildman–Crippen LogP) is 26.8. The molecule has 0 unspecified atom stereocenters. The average Bonchev–Trinajstić information content (AvgIpc) is 1.56. The Kier molecular flexibility index (Phi) is 16.4. The molecular formula is C105H70N8O. The van der Waals surface area contributed by atoms with E-state index in [1.165, 1.54) is 55.2 Å². The molecule has 21 aromatic rings. The highest BCUT2D eigenvalue weighted by Crippen LogP contribution is 2.51. The van der Waals surface area contributed by atoms with E-state index >= 15 is 0 Å². The van der Waals surface area contributed by atoms with Crippen LogP contribution in [0.4, 0.5) is 0 Å². The molecule has 0 atom stereocenters. The fraction of sp³-hybridized carbons (Fsp3) is 0.0286. The Morgan fingerprint density at radius 3 is 1.10 bits per heavy atom. The number of aromatic nitrogens is 8. The van der Waals surface area contributed by atoms with Gasteiger partial charge in [0.15, 0.2) is 40.5 Å². The molecule has 114 heavy (non-hydrogen) atoms. The number of fused-ring (bicyclic) bond motifs is 12. The van der Waals surface area contributed by atoms with E-state index in [1.807, 2.05) is 133 Å². The second kappa shape index (κ2) is 27.8. The van der Waals surface area contributed by atoms with Gasteiger partial charge in [-0.3, -0.25) is 0 Å². The second-order valence-electron chi connectivity index (χ2n) is 29.7. The summed E-state index contributed by atoms with van der Waals surface area (Å²) in [6, 6.07) is 137. The summed E-state index contributed by atoms with van der Waals surface area (Å²) in [5.74, 6) is 3.83. The van der Waals surface area contributed by atoms with E-state index in [0.29, 0.717) is 34.9 Å². The summed E-state index contributed by atoms with van der Waals surface area (Å²) in [4.78, 5) is 30.1. The quantitative estimate of drug-likeness (QED) is 0.120. The number of nitrogens with zero attached hydrogens (tertiary/aromatic N) is 8. The molecule has 0 N–H and O–H groups in total. The van der Waals surface area contributed by atoms with Crippen LogP contribution in [0.15, 0.2) is 393 Å². The van der Waals surface area contributed by atoms with Crippen LogP contribution in [0.5, 0.6) is 0 Å². The van der Waals surface area contributed by atoms with Gasteiger partial charge in [-0.2, -0.15) is 0 Å². The Bertz CT molecular complexity index is 7180. The lowest BCUT2D eigenvalue weighted by molar-refractivity contribution is 0.660. The Balaban J connectivity index is 0.000000143. The Morgan fingerprint density at radius 1 is 0.228 bits per heavy atom. The molecule has 1 aliphatic rings. The lowest BCUT2D eigenvalue weighted by Crippen LogP contribution is -2.15. The SMILES string of the molecule is CC1(C)c2ccccc2-c2ccc(-n3c4ccc(-c5ccccc5)cc4c4c(-c5cccc(-c6nc(-c7ccccc7)nc(-c7ccccc7)n6)c5)cccc43)cc21.c1ccc(-c2ccc3c(c2)c2c(-c4cccc(-c5nc(-c6ccccc6)nc(-c6ccccc6)n5)c4)cccc2n3-c2cccc3c2oc2ccccc23)cc1. The monoisotopic (exact) mass is 1460 g/mol. The summed E-state index contributed by atoms with van der Waals surface area (Å²) >= 11 is 0. The Hall–Kier alpha value is -15.1. The summed E-state index contributed by atoms with van der Waals surface area (Å²) < 4.78 is 11.4. The topological polar surface area (TPSA) is 100 Å². The maximum absolute atomic E-state index is 6.62. The van der Waals surface area contributed by atoms with Crippen LogP contribution in [0.3, 0.4) is 0 Å². The molecule has 16 aromatic carbocycles. The third kappa shape index (κ3) is 11.7. The van der Waals surface area contributed by atoms with Gasteiger partial charge in [0, 0.05) is 76.8 Å². The van der Waals surface area contributed by atoms with Gasteiger partial charge in [-0.1, -0.05) is 329 Å². The molecule has 1 aliphatic carbocycles. The highest BCUT2D eigenvalue weighted by atomic mass is 16.3.